The zero-order valence-corrected chi connectivity index (χ0v) is 15.7. The van der Waals surface area contributed by atoms with Gasteiger partial charge in [-0.2, -0.15) is 0 Å². The summed E-state index contributed by atoms with van der Waals surface area (Å²) in [5, 5.41) is 2.77. The number of nitrogens with one attached hydrogen (secondary N) is 1. The van der Waals surface area contributed by atoms with Crippen molar-refractivity contribution in [3.63, 3.8) is 0 Å². The number of anilines is 1. The van der Waals surface area contributed by atoms with Crippen LogP contribution >= 0.6 is 11.6 Å². The van der Waals surface area contributed by atoms with Crippen LogP contribution in [0, 0.1) is 5.82 Å². The third kappa shape index (κ3) is 3.37. The Bertz CT molecular complexity index is 1200. The van der Waals surface area contributed by atoms with E-state index in [1.165, 1.54) is 24.3 Å². The maximum absolute atomic E-state index is 13.8. The third-order valence-electron chi connectivity index (χ3n) is 4.61. The van der Waals surface area contributed by atoms with Crippen molar-refractivity contribution in [2.24, 2.45) is 0 Å². The minimum absolute atomic E-state index is 0.0830. The van der Waals surface area contributed by atoms with Gasteiger partial charge in [-0.3, -0.25) is 14.4 Å². The minimum atomic E-state index is -0.586. The van der Waals surface area contributed by atoms with Gasteiger partial charge in [-0.05, 0) is 24.3 Å². The van der Waals surface area contributed by atoms with E-state index in [0.717, 1.165) is 6.08 Å². The molecule has 0 radical (unpaired) electrons. The molecule has 3 aromatic rings. The van der Waals surface area contributed by atoms with Gasteiger partial charge in [-0.1, -0.05) is 54.1 Å². The lowest BCUT2D eigenvalue weighted by Gasteiger charge is -2.20. The van der Waals surface area contributed by atoms with Crippen LogP contribution in [0.25, 0.3) is 6.08 Å². The lowest BCUT2D eigenvalue weighted by atomic mass is 9.83. The molecule has 0 bridgehead atoms. The van der Waals surface area contributed by atoms with E-state index in [0.29, 0.717) is 11.1 Å². The van der Waals surface area contributed by atoms with Crippen molar-refractivity contribution in [3.05, 3.63) is 105 Å². The predicted octanol–water partition coefficient (Wildman–Crippen LogP) is 4.91. The van der Waals surface area contributed by atoms with Crippen LogP contribution in [0.2, 0.25) is 5.02 Å². The zero-order valence-electron chi connectivity index (χ0n) is 14.9. The summed E-state index contributed by atoms with van der Waals surface area (Å²) < 4.78 is 13.8. The summed E-state index contributed by atoms with van der Waals surface area (Å²) in [7, 11) is 0. The molecule has 142 valence electrons. The average molecular weight is 406 g/mol. The number of rotatable bonds is 3. The van der Waals surface area contributed by atoms with E-state index in [-0.39, 0.29) is 39.0 Å². The molecule has 1 N–H and O–H groups in total. The largest absolute Gasteiger partial charge is 0.322 e. The van der Waals surface area contributed by atoms with Gasteiger partial charge in [0, 0.05) is 28.3 Å². The Kier molecular flexibility index (Phi) is 4.82. The molecule has 0 fully saturated rings. The predicted molar refractivity (Wildman–Crippen MR) is 109 cm³/mol. The highest BCUT2D eigenvalue weighted by atomic mass is 35.5. The smallest absolute Gasteiger partial charge is 0.248 e. The van der Waals surface area contributed by atoms with Gasteiger partial charge in [0.2, 0.25) is 5.91 Å². The molecule has 0 heterocycles. The second kappa shape index (κ2) is 7.45. The van der Waals surface area contributed by atoms with Crippen molar-refractivity contribution in [1.82, 2.24) is 0 Å². The standard InChI is InChI=1S/C23H13ClFNO3/c24-17-8-4-9-18(25)15(17)11-12-20(27)26-19-10-3-7-16-21(19)23(29)14-6-2-1-5-13(14)22(16)28/h1-12H,(H,26,27)/b12-11+. The molecule has 0 aromatic heterocycles. The van der Waals surface area contributed by atoms with Crippen LogP contribution in [-0.4, -0.2) is 17.5 Å². The number of benzene rings is 3. The molecule has 0 atom stereocenters. The van der Waals surface area contributed by atoms with Crippen molar-refractivity contribution < 1.29 is 18.8 Å². The maximum atomic E-state index is 13.8. The van der Waals surface area contributed by atoms with E-state index < -0.39 is 11.7 Å². The zero-order chi connectivity index (χ0) is 20.5. The van der Waals surface area contributed by atoms with Crippen LogP contribution in [-0.2, 0) is 4.79 Å². The molecule has 0 aliphatic heterocycles. The third-order valence-corrected chi connectivity index (χ3v) is 4.94. The summed E-state index contributed by atoms with van der Waals surface area (Å²) >= 11 is 5.95. The van der Waals surface area contributed by atoms with Gasteiger partial charge in [0.15, 0.2) is 11.6 Å². The quantitative estimate of drug-likeness (QED) is 0.493. The van der Waals surface area contributed by atoms with Crippen LogP contribution in [0.1, 0.15) is 37.4 Å². The van der Waals surface area contributed by atoms with Crippen LogP contribution in [0.15, 0.2) is 66.7 Å². The number of hydrogen-bond acceptors (Lipinski definition) is 3. The number of hydrogen-bond donors (Lipinski definition) is 1. The van der Waals surface area contributed by atoms with Gasteiger partial charge < -0.3 is 5.32 Å². The first-order valence-corrected chi connectivity index (χ1v) is 9.09. The van der Waals surface area contributed by atoms with Gasteiger partial charge >= 0.3 is 0 Å². The Hall–Kier alpha value is -3.57. The maximum Gasteiger partial charge on any atom is 0.248 e. The fraction of sp³-hybridized carbons (Fsp3) is 0. The highest BCUT2D eigenvalue weighted by Gasteiger charge is 2.31. The minimum Gasteiger partial charge on any atom is -0.322 e. The Morgan fingerprint density at radius 3 is 2.24 bits per heavy atom. The van der Waals surface area contributed by atoms with Gasteiger partial charge in [0.05, 0.1) is 16.3 Å². The fourth-order valence-electron chi connectivity index (χ4n) is 3.25. The average Bonchev–Trinajstić information content (AvgIpc) is 2.71. The summed E-state index contributed by atoms with van der Waals surface area (Å²) in [6.45, 7) is 0. The first kappa shape index (κ1) is 18.8. The summed E-state index contributed by atoms with van der Waals surface area (Å²) in [5.41, 5.74) is 1.29. The second-order valence-corrected chi connectivity index (χ2v) is 6.80. The molecule has 0 saturated heterocycles. The Labute approximate surface area is 170 Å². The number of carbonyl (C=O) groups excluding carboxylic acids is 3. The van der Waals surface area contributed by atoms with Crippen molar-refractivity contribution in [2.45, 2.75) is 0 Å². The number of ketones is 2. The SMILES string of the molecule is O=C(/C=C/c1c(F)cccc1Cl)Nc1cccc2c1C(=O)c1ccccc1C2=O. The molecule has 29 heavy (non-hydrogen) atoms. The van der Waals surface area contributed by atoms with Gasteiger partial charge in [0.25, 0.3) is 0 Å². The van der Waals surface area contributed by atoms with Gasteiger partial charge in [-0.15, -0.1) is 0 Å². The summed E-state index contributed by atoms with van der Waals surface area (Å²) in [6.07, 6.45) is 2.37. The van der Waals surface area contributed by atoms with E-state index >= 15 is 0 Å². The first-order chi connectivity index (χ1) is 14.0. The molecule has 3 aromatic carbocycles. The summed E-state index contributed by atoms with van der Waals surface area (Å²) in [5.74, 6) is -1.76. The Morgan fingerprint density at radius 2 is 1.52 bits per heavy atom. The van der Waals surface area contributed by atoms with E-state index in [9.17, 15) is 18.8 Å². The number of carbonyl (C=O) groups is 3. The van der Waals surface area contributed by atoms with Crippen LogP contribution in [0.3, 0.4) is 0 Å². The highest BCUT2D eigenvalue weighted by molar-refractivity contribution is 6.32. The second-order valence-electron chi connectivity index (χ2n) is 6.39. The molecule has 0 unspecified atom stereocenters. The van der Waals surface area contributed by atoms with Crippen molar-refractivity contribution in [1.29, 1.82) is 0 Å². The summed E-state index contributed by atoms with van der Waals surface area (Å²) in [6, 6.07) is 15.4. The normalized spacial score (nSPS) is 12.6. The van der Waals surface area contributed by atoms with Crippen molar-refractivity contribution >= 4 is 40.8 Å². The van der Waals surface area contributed by atoms with E-state index in [2.05, 4.69) is 5.32 Å². The van der Waals surface area contributed by atoms with Gasteiger partial charge in [-0.25, -0.2) is 4.39 Å². The molecule has 6 heteroatoms. The molecule has 0 spiro atoms. The Morgan fingerprint density at radius 1 is 0.862 bits per heavy atom. The molecular formula is C23H13ClFNO3. The first-order valence-electron chi connectivity index (χ1n) is 8.72. The van der Waals surface area contributed by atoms with Crippen LogP contribution in [0.4, 0.5) is 10.1 Å². The van der Waals surface area contributed by atoms with Crippen LogP contribution < -0.4 is 5.32 Å². The number of halogens is 2. The van der Waals surface area contributed by atoms with Crippen molar-refractivity contribution in [3.8, 4) is 0 Å². The lowest BCUT2D eigenvalue weighted by molar-refractivity contribution is -0.111. The molecule has 0 saturated carbocycles. The van der Waals surface area contributed by atoms with E-state index in [1.54, 1.807) is 42.5 Å². The lowest BCUT2D eigenvalue weighted by Crippen LogP contribution is -2.23. The van der Waals surface area contributed by atoms with E-state index in [4.69, 9.17) is 11.6 Å². The monoisotopic (exact) mass is 405 g/mol. The fourth-order valence-corrected chi connectivity index (χ4v) is 3.48. The molecule has 1 aliphatic carbocycles. The van der Waals surface area contributed by atoms with Crippen LogP contribution in [0.5, 0.6) is 0 Å². The highest BCUT2D eigenvalue weighted by Crippen LogP contribution is 2.32. The molecule has 1 aliphatic rings. The van der Waals surface area contributed by atoms with Gasteiger partial charge in [0.1, 0.15) is 5.82 Å². The van der Waals surface area contributed by atoms with E-state index in [1.807, 2.05) is 0 Å². The number of fused-ring (bicyclic) bond motifs is 2. The topological polar surface area (TPSA) is 63.2 Å². The Balaban J connectivity index is 1.66. The molecule has 4 rings (SSSR count). The van der Waals surface area contributed by atoms with Crippen molar-refractivity contribution in [2.75, 3.05) is 5.32 Å². The molecule has 4 nitrogen and oxygen atoms in total. The summed E-state index contributed by atoms with van der Waals surface area (Å²) in [4.78, 5) is 38.0. The number of amides is 1. The molecule has 1 amide bonds. The molecular weight excluding hydrogens is 393 g/mol.